The minimum atomic E-state index is -0.429. The molecule has 5 nitrogen and oxygen atoms in total. The predicted molar refractivity (Wildman–Crippen MR) is 119 cm³/mol. The zero-order chi connectivity index (χ0) is 22.1. The number of hydrogen-bond donors (Lipinski definition) is 0. The first-order valence-electron chi connectivity index (χ1n) is 10.8. The van der Waals surface area contributed by atoms with Gasteiger partial charge in [0.1, 0.15) is 6.61 Å². The van der Waals surface area contributed by atoms with Gasteiger partial charge in [-0.2, -0.15) is 0 Å². The van der Waals surface area contributed by atoms with Gasteiger partial charge in [-0.1, -0.05) is 17.5 Å². The molecule has 0 bridgehead atoms. The third-order valence-corrected chi connectivity index (χ3v) is 6.57. The first-order valence-corrected chi connectivity index (χ1v) is 11.1. The van der Waals surface area contributed by atoms with E-state index in [4.69, 9.17) is 27.5 Å². The fraction of sp³-hybridized carbons (Fsp3) is 0.440. The van der Waals surface area contributed by atoms with Gasteiger partial charge in [0, 0.05) is 47.8 Å². The fourth-order valence-corrected chi connectivity index (χ4v) is 5.37. The summed E-state index contributed by atoms with van der Waals surface area (Å²) in [7, 11) is 1.53. The lowest BCUT2D eigenvalue weighted by atomic mass is 9.71. The molecule has 0 aromatic heterocycles. The van der Waals surface area contributed by atoms with Crippen molar-refractivity contribution >= 4 is 23.2 Å². The van der Waals surface area contributed by atoms with Crippen LogP contribution in [0, 0.1) is 12.3 Å². The van der Waals surface area contributed by atoms with Crippen molar-refractivity contribution in [3.8, 4) is 23.8 Å². The van der Waals surface area contributed by atoms with Gasteiger partial charge in [0.05, 0.1) is 12.1 Å². The van der Waals surface area contributed by atoms with Gasteiger partial charge in [0.25, 0.3) is 0 Å². The number of ketones is 2. The summed E-state index contributed by atoms with van der Waals surface area (Å²) in [5.74, 6) is 3.01. The van der Waals surface area contributed by atoms with Crippen molar-refractivity contribution in [2.75, 3.05) is 20.3 Å². The largest absolute Gasteiger partial charge is 0.493 e. The standard InChI is InChI=1S/C25H26ClNO4/c1-4-12-31-25-16(26)13-15(14-21(25)30-3)22-23-17(8-6-10-19(23)28)27(5-2)18-9-7-11-20(29)24(18)22/h1,13-14,22H,5-12H2,2-3H3. The summed E-state index contributed by atoms with van der Waals surface area (Å²) in [6.07, 6.45) is 9.66. The molecule has 1 aromatic rings. The van der Waals surface area contributed by atoms with E-state index in [0.29, 0.717) is 29.4 Å². The lowest BCUT2D eigenvalue weighted by Crippen LogP contribution is -2.39. The Morgan fingerprint density at radius 3 is 2.23 bits per heavy atom. The average molecular weight is 440 g/mol. The molecule has 0 saturated carbocycles. The Balaban J connectivity index is 1.93. The van der Waals surface area contributed by atoms with Crippen molar-refractivity contribution < 1.29 is 19.1 Å². The molecule has 1 heterocycles. The number of hydrogen-bond acceptors (Lipinski definition) is 5. The fourth-order valence-electron chi connectivity index (χ4n) is 5.09. The van der Waals surface area contributed by atoms with Crippen molar-refractivity contribution in [1.82, 2.24) is 4.90 Å². The molecule has 4 rings (SSSR count). The highest BCUT2D eigenvalue weighted by atomic mass is 35.5. The smallest absolute Gasteiger partial charge is 0.181 e. The molecule has 0 amide bonds. The number of benzene rings is 1. The maximum absolute atomic E-state index is 13.2. The van der Waals surface area contributed by atoms with E-state index < -0.39 is 5.92 Å². The molecule has 3 aliphatic rings. The van der Waals surface area contributed by atoms with Crippen molar-refractivity contribution in [3.63, 3.8) is 0 Å². The van der Waals surface area contributed by atoms with E-state index in [9.17, 15) is 9.59 Å². The van der Waals surface area contributed by atoms with Crippen LogP contribution in [-0.2, 0) is 9.59 Å². The first-order chi connectivity index (χ1) is 15.0. The number of Topliss-reactive ketones (excluding diaryl/α,β-unsaturated/α-hetero) is 2. The number of halogens is 1. The number of terminal acetylenes is 1. The van der Waals surface area contributed by atoms with E-state index in [0.717, 1.165) is 60.3 Å². The molecule has 6 heteroatoms. The molecule has 1 aromatic carbocycles. The van der Waals surface area contributed by atoms with Crippen molar-refractivity contribution in [3.05, 3.63) is 45.3 Å². The Labute approximate surface area is 188 Å². The highest BCUT2D eigenvalue weighted by Crippen LogP contribution is 2.50. The highest BCUT2D eigenvalue weighted by molar-refractivity contribution is 6.32. The predicted octanol–water partition coefficient (Wildman–Crippen LogP) is 4.79. The third-order valence-electron chi connectivity index (χ3n) is 6.29. The highest BCUT2D eigenvalue weighted by Gasteiger charge is 2.43. The Morgan fingerprint density at radius 2 is 1.71 bits per heavy atom. The summed E-state index contributed by atoms with van der Waals surface area (Å²) in [4.78, 5) is 28.6. The second-order valence-electron chi connectivity index (χ2n) is 7.98. The van der Waals surface area contributed by atoms with Crippen LogP contribution in [0.15, 0.2) is 34.7 Å². The Morgan fingerprint density at radius 1 is 1.10 bits per heavy atom. The molecular weight excluding hydrogens is 414 g/mol. The third kappa shape index (κ3) is 3.64. The first kappa shape index (κ1) is 21.5. The molecule has 0 N–H and O–H groups in total. The van der Waals surface area contributed by atoms with Gasteiger partial charge >= 0.3 is 0 Å². The summed E-state index contributed by atoms with van der Waals surface area (Å²) in [6, 6.07) is 3.60. The Kier molecular flexibility index (Phi) is 6.11. The number of allylic oxidation sites excluding steroid dienone is 4. The van der Waals surface area contributed by atoms with Crippen molar-refractivity contribution in [1.29, 1.82) is 0 Å². The van der Waals surface area contributed by atoms with Gasteiger partial charge in [0.15, 0.2) is 23.1 Å². The lowest BCUT2D eigenvalue weighted by Gasteiger charge is -2.43. The van der Waals surface area contributed by atoms with E-state index in [1.54, 1.807) is 6.07 Å². The topological polar surface area (TPSA) is 55.8 Å². The van der Waals surface area contributed by atoms with Crippen molar-refractivity contribution in [2.24, 2.45) is 0 Å². The summed E-state index contributed by atoms with van der Waals surface area (Å²) in [5.41, 5.74) is 4.35. The SMILES string of the molecule is C#CCOc1c(Cl)cc(C2C3=C(CCCC3=O)N(CC)C3=C2C(=O)CCC3)cc1OC. The summed E-state index contributed by atoms with van der Waals surface area (Å²) >= 11 is 6.56. The van der Waals surface area contributed by atoms with Crippen LogP contribution >= 0.6 is 11.6 Å². The Bertz CT molecular complexity index is 1000. The molecule has 162 valence electrons. The maximum Gasteiger partial charge on any atom is 0.181 e. The van der Waals surface area contributed by atoms with Gasteiger partial charge in [0.2, 0.25) is 0 Å². The number of nitrogens with zero attached hydrogens (tertiary/aromatic N) is 1. The van der Waals surface area contributed by atoms with Crippen LogP contribution in [0.1, 0.15) is 56.9 Å². The minimum absolute atomic E-state index is 0.0614. The molecule has 2 aliphatic carbocycles. The Hall–Kier alpha value is -2.71. The van der Waals surface area contributed by atoms with Crippen LogP contribution < -0.4 is 9.47 Å². The number of ether oxygens (including phenoxy) is 2. The van der Waals surface area contributed by atoms with Crippen molar-refractivity contribution in [2.45, 2.75) is 51.4 Å². The van der Waals surface area contributed by atoms with Crippen LogP contribution in [0.4, 0.5) is 0 Å². The summed E-state index contributed by atoms with van der Waals surface area (Å²) < 4.78 is 11.1. The van der Waals surface area contributed by atoms with E-state index in [1.165, 1.54) is 7.11 Å². The quantitative estimate of drug-likeness (QED) is 0.617. The number of rotatable bonds is 5. The second kappa shape index (κ2) is 8.80. The lowest BCUT2D eigenvalue weighted by molar-refractivity contribution is -0.117. The average Bonchev–Trinajstić information content (AvgIpc) is 2.76. The molecule has 0 spiro atoms. The number of carbonyl (C=O) groups excluding carboxylic acids is 2. The van der Waals surface area contributed by atoms with Gasteiger partial charge in [-0.05, 0) is 50.3 Å². The van der Waals surface area contributed by atoms with Crippen LogP contribution in [0.2, 0.25) is 5.02 Å². The molecule has 0 unspecified atom stereocenters. The van der Waals surface area contributed by atoms with Crippen LogP contribution in [-0.4, -0.2) is 36.7 Å². The zero-order valence-corrected chi connectivity index (χ0v) is 18.7. The zero-order valence-electron chi connectivity index (χ0n) is 17.9. The second-order valence-corrected chi connectivity index (χ2v) is 8.39. The van der Waals surface area contributed by atoms with Crippen LogP contribution in [0.25, 0.3) is 0 Å². The number of methoxy groups -OCH3 is 1. The van der Waals surface area contributed by atoms with E-state index in [1.807, 2.05) is 6.07 Å². The van der Waals surface area contributed by atoms with Crippen LogP contribution in [0.5, 0.6) is 11.5 Å². The van der Waals surface area contributed by atoms with Gasteiger partial charge in [-0.25, -0.2) is 0 Å². The van der Waals surface area contributed by atoms with Crippen LogP contribution in [0.3, 0.4) is 0 Å². The maximum atomic E-state index is 13.2. The molecule has 31 heavy (non-hydrogen) atoms. The van der Waals surface area contributed by atoms with Gasteiger partial charge in [-0.3, -0.25) is 9.59 Å². The molecule has 0 fully saturated rings. The molecule has 0 saturated heterocycles. The molecule has 0 atom stereocenters. The van der Waals surface area contributed by atoms with Gasteiger partial charge < -0.3 is 14.4 Å². The van der Waals surface area contributed by atoms with Gasteiger partial charge in [-0.15, -0.1) is 6.42 Å². The normalized spacial score (nSPS) is 19.2. The monoisotopic (exact) mass is 439 g/mol. The molecular formula is C25H26ClNO4. The summed E-state index contributed by atoms with van der Waals surface area (Å²) in [6.45, 7) is 2.88. The van der Waals surface area contributed by atoms with E-state index in [-0.39, 0.29) is 18.2 Å². The summed E-state index contributed by atoms with van der Waals surface area (Å²) in [5, 5.41) is 0.346. The molecule has 1 aliphatic heterocycles. The molecule has 0 radical (unpaired) electrons. The minimum Gasteiger partial charge on any atom is -0.493 e. The van der Waals surface area contributed by atoms with E-state index >= 15 is 0 Å². The number of carbonyl (C=O) groups is 2. The van der Waals surface area contributed by atoms with E-state index in [2.05, 4.69) is 17.7 Å².